The van der Waals surface area contributed by atoms with Crippen LogP contribution in [0.25, 0.3) is 0 Å². The maximum absolute atomic E-state index is 11.7. The molecule has 8 nitrogen and oxygen atoms in total. The van der Waals surface area contributed by atoms with Gasteiger partial charge in [-0.1, -0.05) is 0 Å². The molecular weight excluding hydrogens is 256 g/mol. The summed E-state index contributed by atoms with van der Waals surface area (Å²) in [6.45, 7) is -0.719. The molecule has 0 aliphatic carbocycles. The summed E-state index contributed by atoms with van der Waals surface area (Å²) < 4.78 is 0. The third-order valence-corrected chi connectivity index (χ3v) is 2.26. The number of hydrogen-bond donors (Lipinski definition) is 3. The molecular formula is C11H12N2O6. The maximum atomic E-state index is 11.7. The van der Waals surface area contributed by atoms with Gasteiger partial charge < -0.3 is 15.5 Å². The minimum atomic E-state index is -1.12. The van der Waals surface area contributed by atoms with Crippen molar-refractivity contribution in [2.75, 3.05) is 13.2 Å². The zero-order valence-electron chi connectivity index (χ0n) is 9.78. The smallest absolute Gasteiger partial charge is 0.270 e. The molecule has 0 saturated carbocycles. The van der Waals surface area contributed by atoms with Gasteiger partial charge in [-0.2, -0.15) is 0 Å². The molecule has 1 aromatic rings. The van der Waals surface area contributed by atoms with Crippen LogP contribution in [0.4, 0.5) is 5.69 Å². The number of aldehydes is 1. The van der Waals surface area contributed by atoms with Crippen LogP contribution < -0.4 is 5.32 Å². The number of rotatable bonds is 6. The van der Waals surface area contributed by atoms with Gasteiger partial charge in [-0.3, -0.25) is 19.7 Å². The minimum Gasteiger partial charge on any atom is -0.394 e. The Balaban J connectivity index is 2.92. The number of nitro benzene ring substituents is 1. The van der Waals surface area contributed by atoms with Gasteiger partial charge >= 0.3 is 0 Å². The Labute approximate surface area is 107 Å². The standard InChI is InChI=1S/C11H12N2O6/c14-5-7-1-8(3-9(2-7)13(18)19)11(17)12-4-10(16)6-15/h1-3,5,10,15-16H,4,6H2,(H,12,17). The number of aliphatic hydroxyl groups is 2. The number of amides is 1. The van der Waals surface area contributed by atoms with E-state index < -0.39 is 23.5 Å². The molecule has 1 aromatic carbocycles. The Morgan fingerprint density at radius 1 is 1.47 bits per heavy atom. The molecule has 1 atom stereocenters. The Bertz CT molecular complexity index is 502. The first-order valence-corrected chi connectivity index (χ1v) is 5.29. The SMILES string of the molecule is O=Cc1cc(C(=O)NCC(O)CO)cc([N+](=O)[O-])c1. The maximum Gasteiger partial charge on any atom is 0.270 e. The molecule has 102 valence electrons. The summed E-state index contributed by atoms with van der Waals surface area (Å²) in [5, 5.41) is 30.6. The predicted octanol–water partition coefficient (Wildman–Crippen LogP) is -0.510. The van der Waals surface area contributed by atoms with Crippen LogP contribution in [0.5, 0.6) is 0 Å². The number of nitro groups is 1. The summed E-state index contributed by atoms with van der Waals surface area (Å²) in [4.78, 5) is 32.2. The second-order valence-corrected chi connectivity index (χ2v) is 3.73. The fourth-order valence-corrected chi connectivity index (χ4v) is 1.32. The van der Waals surface area contributed by atoms with Crippen LogP contribution in [-0.4, -0.2) is 46.6 Å². The van der Waals surface area contributed by atoms with Crippen LogP contribution in [0, 0.1) is 10.1 Å². The summed E-state index contributed by atoms with van der Waals surface area (Å²) in [6.07, 6.45) is -0.722. The van der Waals surface area contributed by atoms with E-state index in [1.54, 1.807) is 0 Å². The number of carbonyl (C=O) groups is 2. The molecule has 1 amide bonds. The third-order valence-electron chi connectivity index (χ3n) is 2.26. The molecule has 0 bridgehead atoms. The summed E-state index contributed by atoms with van der Waals surface area (Å²) in [6, 6.07) is 3.26. The summed E-state index contributed by atoms with van der Waals surface area (Å²) in [7, 11) is 0. The second-order valence-electron chi connectivity index (χ2n) is 3.73. The molecule has 0 radical (unpaired) electrons. The molecule has 0 fully saturated rings. The average molecular weight is 268 g/mol. The van der Waals surface area contributed by atoms with Crippen LogP contribution in [0.3, 0.4) is 0 Å². The fourth-order valence-electron chi connectivity index (χ4n) is 1.32. The van der Waals surface area contributed by atoms with Gasteiger partial charge in [0.1, 0.15) is 6.29 Å². The van der Waals surface area contributed by atoms with E-state index in [1.807, 2.05) is 0 Å². The molecule has 0 spiro atoms. The van der Waals surface area contributed by atoms with Crippen molar-refractivity contribution in [1.29, 1.82) is 0 Å². The second kappa shape index (κ2) is 6.57. The van der Waals surface area contributed by atoms with Crippen molar-refractivity contribution in [3.63, 3.8) is 0 Å². The van der Waals surface area contributed by atoms with Gasteiger partial charge in [-0.15, -0.1) is 0 Å². The van der Waals surface area contributed by atoms with E-state index in [9.17, 15) is 19.7 Å². The quantitative estimate of drug-likeness (QED) is 0.362. The van der Waals surface area contributed by atoms with Crippen LogP contribution in [-0.2, 0) is 0 Å². The molecule has 0 aromatic heterocycles. The lowest BCUT2D eigenvalue weighted by Gasteiger charge is -2.09. The van der Waals surface area contributed by atoms with E-state index in [2.05, 4.69) is 5.32 Å². The van der Waals surface area contributed by atoms with Crippen molar-refractivity contribution in [2.45, 2.75) is 6.10 Å². The van der Waals surface area contributed by atoms with Crippen molar-refractivity contribution in [2.24, 2.45) is 0 Å². The average Bonchev–Trinajstić information content (AvgIpc) is 2.43. The van der Waals surface area contributed by atoms with Gasteiger partial charge in [0.2, 0.25) is 0 Å². The van der Waals surface area contributed by atoms with E-state index in [0.717, 1.165) is 12.1 Å². The number of aliphatic hydroxyl groups excluding tert-OH is 2. The lowest BCUT2D eigenvalue weighted by Crippen LogP contribution is -2.33. The number of benzene rings is 1. The number of hydrogen-bond acceptors (Lipinski definition) is 6. The zero-order valence-corrected chi connectivity index (χ0v) is 9.78. The Morgan fingerprint density at radius 2 is 2.16 bits per heavy atom. The highest BCUT2D eigenvalue weighted by atomic mass is 16.6. The highest BCUT2D eigenvalue weighted by Gasteiger charge is 2.15. The molecule has 0 saturated heterocycles. The Kier molecular flexibility index (Phi) is 5.10. The number of nitrogens with zero attached hydrogens (tertiary/aromatic N) is 1. The van der Waals surface area contributed by atoms with E-state index in [0.29, 0.717) is 6.29 Å². The highest BCUT2D eigenvalue weighted by Crippen LogP contribution is 2.16. The van der Waals surface area contributed by atoms with Crippen molar-refractivity contribution < 1.29 is 24.7 Å². The van der Waals surface area contributed by atoms with Crippen LogP contribution in [0.15, 0.2) is 18.2 Å². The molecule has 1 rings (SSSR count). The van der Waals surface area contributed by atoms with Crippen molar-refractivity contribution in [3.8, 4) is 0 Å². The Morgan fingerprint density at radius 3 is 2.68 bits per heavy atom. The molecule has 0 aliphatic rings. The largest absolute Gasteiger partial charge is 0.394 e. The predicted molar refractivity (Wildman–Crippen MR) is 63.9 cm³/mol. The molecule has 8 heteroatoms. The van der Waals surface area contributed by atoms with Gasteiger partial charge in [0.25, 0.3) is 11.6 Å². The molecule has 1 unspecified atom stereocenters. The van der Waals surface area contributed by atoms with Gasteiger partial charge in [0, 0.05) is 29.8 Å². The minimum absolute atomic E-state index is 0.00190. The van der Waals surface area contributed by atoms with E-state index in [4.69, 9.17) is 10.2 Å². The lowest BCUT2D eigenvalue weighted by molar-refractivity contribution is -0.384. The normalized spacial score (nSPS) is 11.7. The summed E-state index contributed by atoms with van der Waals surface area (Å²) in [5.41, 5.74) is -0.444. The van der Waals surface area contributed by atoms with Gasteiger partial charge in [0.15, 0.2) is 0 Å². The van der Waals surface area contributed by atoms with E-state index in [1.165, 1.54) is 6.07 Å². The lowest BCUT2D eigenvalue weighted by atomic mass is 10.1. The fraction of sp³-hybridized carbons (Fsp3) is 0.273. The van der Waals surface area contributed by atoms with Gasteiger partial charge in [-0.25, -0.2) is 0 Å². The van der Waals surface area contributed by atoms with Crippen LogP contribution >= 0.6 is 0 Å². The molecule has 3 N–H and O–H groups in total. The van der Waals surface area contributed by atoms with E-state index in [-0.39, 0.29) is 23.4 Å². The number of nitrogens with one attached hydrogen (secondary N) is 1. The van der Waals surface area contributed by atoms with Crippen molar-refractivity contribution >= 4 is 17.9 Å². The molecule has 19 heavy (non-hydrogen) atoms. The topological polar surface area (TPSA) is 130 Å². The van der Waals surface area contributed by atoms with Crippen molar-refractivity contribution in [3.05, 3.63) is 39.4 Å². The van der Waals surface area contributed by atoms with E-state index >= 15 is 0 Å². The van der Waals surface area contributed by atoms with Crippen LogP contribution in [0.1, 0.15) is 20.7 Å². The van der Waals surface area contributed by atoms with Gasteiger partial charge in [-0.05, 0) is 6.07 Å². The number of carbonyl (C=O) groups excluding carboxylic acids is 2. The molecule has 0 aliphatic heterocycles. The first-order chi connectivity index (χ1) is 8.97. The first kappa shape index (κ1) is 14.7. The zero-order chi connectivity index (χ0) is 14.4. The van der Waals surface area contributed by atoms with Crippen molar-refractivity contribution in [1.82, 2.24) is 5.32 Å². The Hall–Kier alpha value is -2.32. The summed E-state index contributed by atoms with van der Waals surface area (Å²) >= 11 is 0. The highest BCUT2D eigenvalue weighted by molar-refractivity contribution is 5.96. The monoisotopic (exact) mass is 268 g/mol. The first-order valence-electron chi connectivity index (χ1n) is 5.29. The van der Waals surface area contributed by atoms with Gasteiger partial charge in [0.05, 0.1) is 17.6 Å². The summed E-state index contributed by atoms with van der Waals surface area (Å²) in [5.74, 6) is -0.681. The van der Waals surface area contributed by atoms with Crippen LogP contribution in [0.2, 0.25) is 0 Å². The molecule has 0 heterocycles. The third kappa shape index (κ3) is 4.12. The number of non-ortho nitro benzene ring substituents is 1.